The van der Waals surface area contributed by atoms with Crippen LogP contribution in [0.4, 0.5) is 10.5 Å². The number of carbonyl (C=O) groups is 2. The molecule has 0 saturated carbocycles. The molecule has 26 heavy (non-hydrogen) atoms. The average Bonchev–Trinajstić information content (AvgIpc) is 3.19. The van der Waals surface area contributed by atoms with Crippen LogP contribution in [0, 0.1) is 0 Å². The van der Waals surface area contributed by atoms with Gasteiger partial charge in [0.15, 0.2) is 0 Å². The Morgan fingerprint density at radius 2 is 1.85 bits per heavy atom. The maximum Gasteiger partial charge on any atom is 0.411 e. The normalized spacial score (nSPS) is 16.1. The van der Waals surface area contributed by atoms with E-state index in [1.165, 1.54) is 0 Å². The molecule has 2 N–H and O–H groups in total. The minimum absolute atomic E-state index is 0.0647. The highest BCUT2D eigenvalue weighted by molar-refractivity contribution is 6.02. The smallest absolute Gasteiger partial charge is 0.411 e. The summed E-state index contributed by atoms with van der Waals surface area (Å²) in [6, 6.07) is 16.2. The van der Waals surface area contributed by atoms with Gasteiger partial charge >= 0.3 is 6.09 Å². The van der Waals surface area contributed by atoms with Crippen LogP contribution in [-0.4, -0.2) is 31.3 Å². The molecule has 2 amide bonds. The van der Waals surface area contributed by atoms with Crippen molar-refractivity contribution in [3.8, 4) is 0 Å². The molecule has 1 fully saturated rings. The van der Waals surface area contributed by atoms with E-state index in [0.29, 0.717) is 17.8 Å². The van der Waals surface area contributed by atoms with Gasteiger partial charge in [0.05, 0.1) is 17.4 Å². The summed E-state index contributed by atoms with van der Waals surface area (Å²) in [6.07, 6.45) is 1.43. The fraction of sp³-hybridized carbons (Fsp3) is 0.300. The number of ether oxygens (including phenoxy) is 2. The van der Waals surface area contributed by atoms with E-state index in [9.17, 15) is 9.59 Å². The van der Waals surface area contributed by atoms with Crippen molar-refractivity contribution in [2.24, 2.45) is 0 Å². The average molecular weight is 354 g/mol. The minimum atomic E-state index is -0.603. The van der Waals surface area contributed by atoms with E-state index < -0.39 is 6.09 Å². The van der Waals surface area contributed by atoms with Crippen LogP contribution in [0.3, 0.4) is 0 Å². The molecule has 1 atom stereocenters. The van der Waals surface area contributed by atoms with Gasteiger partial charge in [-0.2, -0.15) is 0 Å². The second-order valence-corrected chi connectivity index (χ2v) is 6.08. The highest BCUT2D eigenvalue weighted by atomic mass is 16.5. The van der Waals surface area contributed by atoms with Gasteiger partial charge in [-0.15, -0.1) is 0 Å². The van der Waals surface area contributed by atoms with E-state index in [0.717, 1.165) is 25.0 Å². The van der Waals surface area contributed by atoms with Gasteiger partial charge < -0.3 is 14.8 Å². The van der Waals surface area contributed by atoms with E-state index >= 15 is 0 Å². The van der Waals surface area contributed by atoms with Crippen molar-refractivity contribution in [1.82, 2.24) is 5.32 Å². The Morgan fingerprint density at radius 3 is 2.62 bits per heavy atom. The Bertz CT molecular complexity index is 742. The predicted molar refractivity (Wildman–Crippen MR) is 98.0 cm³/mol. The van der Waals surface area contributed by atoms with E-state index in [1.807, 2.05) is 30.3 Å². The molecule has 6 nitrogen and oxygen atoms in total. The van der Waals surface area contributed by atoms with Crippen molar-refractivity contribution in [3.05, 3.63) is 65.7 Å². The number of benzene rings is 2. The molecule has 0 spiro atoms. The summed E-state index contributed by atoms with van der Waals surface area (Å²) in [5, 5.41) is 5.49. The van der Waals surface area contributed by atoms with Crippen molar-refractivity contribution in [3.63, 3.8) is 0 Å². The van der Waals surface area contributed by atoms with Crippen molar-refractivity contribution in [1.29, 1.82) is 0 Å². The van der Waals surface area contributed by atoms with Crippen molar-refractivity contribution in [2.75, 3.05) is 18.5 Å². The zero-order chi connectivity index (χ0) is 18.2. The molecule has 6 heteroatoms. The van der Waals surface area contributed by atoms with Crippen LogP contribution in [0.1, 0.15) is 28.8 Å². The summed E-state index contributed by atoms with van der Waals surface area (Å²) in [5.74, 6) is -0.251. The Kier molecular flexibility index (Phi) is 6.22. The number of amides is 2. The number of carbonyl (C=O) groups excluding carboxylic acids is 2. The molecule has 2 aromatic rings. The van der Waals surface area contributed by atoms with Crippen molar-refractivity contribution >= 4 is 17.7 Å². The summed E-state index contributed by atoms with van der Waals surface area (Å²) in [4.78, 5) is 24.5. The Labute approximate surface area is 152 Å². The zero-order valence-electron chi connectivity index (χ0n) is 14.4. The van der Waals surface area contributed by atoms with Crippen LogP contribution in [0.2, 0.25) is 0 Å². The second kappa shape index (κ2) is 9.01. The maximum atomic E-state index is 12.4. The molecule has 0 aromatic heterocycles. The highest BCUT2D eigenvalue weighted by Crippen LogP contribution is 2.16. The first-order chi connectivity index (χ1) is 12.7. The topological polar surface area (TPSA) is 76.7 Å². The Hall–Kier alpha value is -2.86. The van der Waals surface area contributed by atoms with Gasteiger partial charge in [-0.3, -0.25) is 10.1 Å². The lowest BCUT2D eigenvalue weighted by atomic mass is 10.1. The fourth-order valence-corrected chi connectivity index (χ4v) is 2.77. The number of hydrogen-bond acceptors (Lipinski definition) is 4. The quantitative estimate of drug-likeness (QED) is 0.834. The van der Waals surface area contributed by atoms with Crippen LogP contribution in [0.5, 0.6) is 0 Å². The number of para-hydroxylation sites is 1. The molecule has 3 rings (SSSR count). The lowest BCUT2D eigenvalue weighted by molar-refractivity contribution is 0.0858. The molecular weight excluding hydrogens is 332 g/mol. The third kappa shape index (κ3) is 5.07. The summed E-state index contributed by atoms with van der Waals surface area (Å²) in [6.45, 7) is 1.37. The van der Waals surface area contributed by atoms with E-state index in [1.54, 1.807) is 24.3 Å². The molecule has 136 valence electrons. The lowest BCUT2D eigenvalue weighted by Crippen LogP contribution is -2.32. The molecular formula is C20H22N2O4. The van der Waals surface area contributed by atoms with Gasteiger partial charge in [-0.1, -0.05) is 42.5 Å². The SMILES string of the molecule is O=C(Nc1ccccc1C(=O)NCC1CCCO1)OCc1ccccc1. The van der Waals surface area contributed by atoms with Gasteiger partial charge in [-0.05, 0) is 30.5 Å². The van der Waals surface area contributed by atoms with Gasteiger partial charge in [0.25, 0.3) is 5.91 Å². The number of hydrogen-bond donors (Lipinski definition) is 2. The third-order valence-corrected chi connectivity index (χ3v) is 4.14. The number of rotatable bonds is 6. The van der Waals surface area contributed by atoms with Crippen LogP contribution in [0.15, 0.2) is 54.6 Å². The molecule has 0 aliphatic carbocycles. The van der Waals surface area contributed by atoms with Crippen molar-refractivity contribution in [2.45, 2.75) is 25.6 Å². The maximum absolute atomic E-state index is 12.4. The minimum Gasteiger partial charge on any atom is -0.444 e. The van der Waals surface area contributed by atoms with Gasteiger partial charge in [0, 0.05) is 13.2 Å². The Morgan fingerprint density at radius 1 is 1.08 bits per heavy atom. The number of nitrogens with one attached hydrogen (secondary N) is 2. The summed E-state index contributed by atoms with van der Waals surface area (Å²) >= 11 is 0. The molecule has 1 saturated heterocycles. The molecule has 0 bridgehead atoms. The highest BCUT2D eigenvalue weighted by Gasteiger charge is 2.18. The standard InChI is InChI=1S/C20H22N2O4/c23-19(21-13-16-9-6-12-25-16)17-10-4-5-11-18(17)22-20(24)26-14-15-7-2-1-3-8-15/h1-5,7-8,10-11,16H,6,9,12-14H2,(H,21,23)(H,22,24). The third-order valence-electron chi connectivity index (χ3n) is 4.14. The van der Waals surface area contributed by atoms with Crippen LogP contribution in [0.25, 0.3) is 0 Å². The summed E-state index contributed by atoms with van der Waals surface area (Å²) in [7, 11) is 0. The molecule has 1 heterocycles. The summed E-state index contributed by atoms with van der Waals surface area (Å²) < 4.78 is 10.7. The van der Waals surface area contributed by atoms with Gasteiger partial charge in [-0.25, -0.2) is 4.79 Å². The first-order valence-electron chi connectivity index (χ1n) is 8.69. The predicted octanol–water partition coefficient (Wildman–Crippen LogP) is 3.34. The Balaban J connectivity index is 1.55. The van der Waals surface area contributed by atoms with Crippen molar-refractivity contribution < 1.29 is 19.1 Å². The molecule has 0 radical (unpaired) electrons. The van der Waals surface area contributed by atoms with E-state index in [-0.39, 0.29) is 18.6 Å². The van der Waals surface area contributed by atoms with Crippen LogP contribution < -0.4 is 10.6 Å². The van der Waals surface area contributed by atoms with E-state index in [4.69, 9.17) is 9.47 Å². The first kappa shape index (κ1) is 17.9. The molecule has 1 aliphatic rings. The monoisotopic (exact) mass is 354 g/mol. The zero-order valence-corrected chi connectivity index (χ0v) is 14.4. The first-order valence-corrected chi connectivity index (χ1v) is 8.69. The van der Waals surface area contributed by atoms with Gasteiger partial charge in [0.2, 0.25) is 0 Å². The number of anilines is 1. The molecule has 1 aliphatic heterocycles. The van der Waals surface area contributed by atoms with Gasteiger partial charge in [0.1, 0.15) is 6.61 Å². The lowest BCUT2D eigenvalue weighted by Gasteiger charge is -2.14. The molecule has 1 unspecified atom stereocenters. The molecule has 2 aromatic carbocycles. The largest absolute Gasteiger partial charge is 0.444 e. The van der Waals surface area contributed by atoms with Crippen LogP contribution >= 0.6 is 0 Å². The van der Waals surface area contributed by atoms with E-state index in [2.05, 4.69) is 10.6 Å². The summed E-state index contributed by atoms with van der Waals surface area (Å²) in [5.41, 5.74) is 1.70. The second-order valence-electron chi connectivity index (χ2n) is 6.08. The van der Waals surface area contributed by atoms with Crippen LogP contribution in [-0.2, 0) is 16.1 Å². The fourth-order valence-electron chi connectivity index (χ4n) is 2.77.